The highest BCUT2D eigenvalue weighted by molar-refractivity contribution is 6.33. The number of para-hydroxylation sites is 1. The molecule has 0 radical (unpaired) electrons. The Morgan fingerprint density at radius 1 is 0.909 bits per heavy atom. The molecule has 0 amide bonds. The summed E-state index contributed by atoms with van der Waals surface area (Å²) in [4.78, 5) is 4.84. The maximum Gasteiger partial charge on any atom is 0.0658 e. The highest BCUT2D eigenvalue weighted by Gasteiger charge is 2.20. The molecule has 22 heavy (non-hydrogen) atoms. The molecular weight excluding hydrogens is 294 g/mol. The second kappa shape index (κ2) is 6.09. The number of hydrogen-bond donors (Lipinski definition) is 1. The topological polar surface area (TPSA) is 32.5 Å². The number of anilines is 3. The van der Waals surface area contributed by atoms with Crippen molar-refractivity contribution in [3.8, 4) is 0 Å². The van der Waals surface area contributed by atoms with Crippen LogP contribution in [0, 0.1) is 13.8 Å². The van der Waals surface area contributed by atoms with Crippen LogP contribution in [0.2, 0.25) is 5.02 Å². The van der Waals surface area contributed by atoms with Crippen molar-refractivity contribution in [1.29, 1.82) is 0 Å². The van der Waals surface area contributed by atoms with Gasteiger partial charge in [0, 0.05) is 37.6 Å². The molecule has 2 N–H and O–H groups in total. The standard InChI is InChI=1S/C18H22ClN3/c1-13-14(2)18(20)16(19)12-17(13)22-10-8-21(9-11-22)15-6-4-3-5-7-15/h3-7,12H,8-11,20H2,1-2H3. The summed E-state index contributed by atoms with van der Waals surface area (Å²) < 4.78 is 0. The van der Waals surface area contributed by atoms with E-state index < -0.39 is 0 Å². The molecule has 0 saturated carbocycles. The van der Waals surface area contributed by atoms with Gasteiger partial charge in [0.15, 0.2) is 0 Å². The largest absolute Gasteiger partial charge is 0.397 e. The summed E-state index contributed by atoms with van der Waals surface area (Å²) in [7, 11) is 0. The number of benzene rings is 2. The molecule has 2 aromatic carbocycles. The second-order valence-corrected chi connectivity index (χ2v) is 6.26. The highest BCUT2D eigenvalue weighted by Crippen LogP contribution is 2.34. The van der Waals surface area contributed by atoms with E-state index in [0.29, 0.717) is 10.7 Å². The molecule has 1 heterocycles. The van der Waals surface area contributed by atoms with Crippen molar-refractivity contribution in [2.24, 2.45) is 0 Å². The Labute approximate surface area is 137 Å². The Bertz CT molecular complexity index is 662. The van der Waals surface area contributed by atoms with Gasteiger partial charge >= 0.3 is 0 Å². The van der Waals surface area contributed by atoms with Crippen LogP contribution in [0.5, 0.6) is 0 Å². The third kappa shape index (κ3) is 2.73. The minimum Gasteiger partial charge on any atom is -0.397 e. The summed E-state index contributed by atoms with van der Waals surface area (Å²) in [5, 5.41) is 0.656. The van der Waals surface area contributed by atoms with E-state index in [1.807, 2.05) is 13.0 Å². The quantitative estimate of drug-likeness (QED) is 0.854. The van der Waals surface area contributed by atoms with Gasteiger partial charge in [0.1, 0.15) is 0 Å². The maximum atomic E-state index is 6.27. The lowest BCUT2D eigenvalue weighted by molar-refractivity contribution is 0.652. The van der Waals surface area contributed by atoms with Gasteiger partial charge < -0.3 is 15.5 Å². The molecule has 1 saturated heterocycles. The fraction of sp³-hybridized carbons (Fsp3) is 0.333. The Morgan fingerprint density at radius 2 is 1.50 bits per heavy atom. The van der Waals surface area contributed by atoms with Gasteiger partial charge in [0.05, 0.1) is 10.7 Å². The van der Waals surface area contributed by atoms with Gasteiger partial charge in [0.2, 0.25) is 0 Å². The van der Waals surface area contributed by atoms with Crippen LogP contribution in [0.15, 0.2) is 36.4 Å². The van der Waals surface area contributed by atoms with E-state index in [9.17, 15) is 0 Å². The smallest absolute Gasteiger partial charge is 0.0658 e. The number of hydrogen-bond acceptors (Lipinski definition) is 3. The van der Waals surface area contributed by atoms with Crippen molar-refractivity contribution in [2.75, 3.05) is 41.7 Å². The van der Waals surface area contributed by atoms with E-state index in [-0.39, 0.29) is 0 Å². The Balaban J connectivity index is 1.77. The van der Waals surface area contributed by atoms with Crippen LogP contribution in [0.25, 0.3) is 0 Å². The summed E-state index contributed by atoms with van der Waals surface area (Å²) in [5.41, 5.74) is 11.6. The first-order chi connectivity index (χ1) is 10.6. The highest BCUT2D eigenvalue weighted by atomic mass is 35.5. The van der Waals surface area contributed by atoms with Gasteiger partial charge in [0.25, 0.3) is 0 Å². The van der Waals surface area contributed by atoms with Crippen LogP contribution in [-0.2, 0) is 0 Å². The van der Waals surface area contributed by atoms with Crippen LogP contribution in [0.4, 0.5) is 17.1 Å². The third-order valence-corrected chi connectivity index (χ3v) is 4.93. The number of nitrogens with two attached hydrogens (primary N) is 1. The average Bonchev–Trinajstić information content (AvgIpc) is 2.57. The summed E-state index contributed by atoms with van der Waals surface area (Å²) in [6, 6.07) is 12.6. The van der Waals surface area contributed by atoms with Crippen molar-refractivity contribution < 1.29 is 0 Å². The number of rotatable bonds is 2. The van der Waals surface area contributed by atoms with Gasteiger partial charge in [-0.1, -0.05) is 29.8 Å². The molecular formula is C18H22ClN3. The molecule has 2 aromatic rings. The van der Waals surface area contributed by atoms with E-state index in [0.717, 1.165) is 31.7 Å². The first-order valence-electron chi connectivity index (χ1n) is 7.68. The molecule has 0 unspecified atom stereocenters. The predicted molar refractivity (Wildman–Crippen MR) is 96.2 cm³/mol. The monoisotopic (exact) mass is 315 g/mol. The lowest BCUT2D eigenvalue weighted by Gasteiger charge is -2.38. The van der Waals surface area contributed by atoms with Crippen molar-refractivity contribution in [3.63, 3.8) is 0 Å². The molecule has 0 bridgehead atoms. The van der Waals surface area contributed by atoms with Crippen molar-refractivity contribution in [3.05, 3.63) is 52.5 Å². The van der Waals surface area contributed by atoms with E-state index in [1.165, 1.54) is 16.9 Å². The van der Waals surface area contributed by atoms with Gasteiger partial charge in [-0.3, -0.25) is 0 Å². The molecule has 0 aliphatic carbocycles. The van der Waals surface area contributed by atoms with E-state index in [4.69, 9.17) is 17.3 Å². The fourth-order valence-corrected chi connectivity index (χ4v) is 3.30. The van der Waals surface area contributed by atoms with Gasteiger partial charge in [-0.25, -0.2) is 0 Å². The van der Waals surface area contributed by atoms with Crippen molar-refractivity contribution in [2.45, 2.75) is 13.8 Å². The summed E-state index contributed by atoms with van der Waals surface area (Å²) in [5.74, 6) is 0. The van der Waals surface area contributed by atoms with Crippen molar-refractivity contribution in [1.82, 2.24) is 0 Å². The zero-order valence-corrected chi connectivity index (χ0v) is 13.9. The van der Waals surface area contributed by atoms with Crippen LogP contribution >= 0.6 is 11.6 Å². The number of halogens is 1. The van der Waals surface area contributed by atoms with Crippen molar-refractivity contribution >= 4 is 28.7 Å². The fourth-order valence-electron chi connectivity index (χ4n) is 3.05. The molecule has 0 spiro atoms. The molecule has 1 aliphatic rings. The van der Waals surface area contributed by atoms with E-state index >= 15 is 0 Å². The number of nitrogen functional groups attached to an aromatic ring is 1. The van der Waals surface area contributed by atoms with Gasteiger partial charge in [-0.05, 0) is 43.2 Å². The lowest BCUT2D eigenvalue weighted by atomic mass is 10.0. The van der Waals surface area contributed by atoms with Gasteiger partial charge in [-0.15, -0.1) is 0 Å². The summed E-state index contributed by atoms with van der Waals surface area (Å²) in [6.07, 6.45) is 0. The minimum absolute atomic E-state index is 0.656. The van der Waals surface area contributed by atoms with Crippen LogP contribution < -0.4 is 15.5 Å². The Hall–Kier alpha value is -1.87. The first-order valence-corrected chi connectivity index (χ1v) is 8.06. The van der Waals surface area contributed by atoms with E-state index in [2.05, 4.69) is 47.1 Å². The second-order valence-electron chi connectivity index (χ2n) is 5.85. The molecule has 1 fully saturated rings. The third-order valence-electron chi connectivity index (χ3n) is 4.61. The molecule has 116 valence electrons. The Morgan fingerprint density at radius 3 is 2.14 bits per heavy atom. The summed E-state index contributed by atoms with van der Waals surface area (Å²) >= 11 is 6.27. The maximum absolute atomic E-state index is 6.27. The molecule has 3 nitrogen and oxygen atoms in total. The summed E-state index contributed by atoms with van der Waals surface area (Å²) in [6.45, 7) is 8.20. The average molecular weight is 316 g/mol. The first kappa shape index (κ1) is 15.0. The molecule has 3 rings (SSSR count). The minimum atomic E-state index is 0.656. The normalized spacial score (nSPS) is 15.2. The SMILES string of the molecule is Cc1c(N2CCN(c3ccccc3)CC2)cc(Cl)c(N)c1C. The molecule has 4 heteroatoms. The zero-order chi connectivity index (χ0) is 15.7. The van der Waals surface area contributed by atoms with Crippen LogP contribution in [-0.4, -0.2) is 26.2 Å². The number of piperazine rings is 1. The van der Waals surface area contributed by atoms with Crippen LogP contribution in [0.3, 0.4) is 0 Å². The lowest BCUT2D eigenvalue weighted by Crippen LogP contribution is -2.46. The van der Waals surface area contributed by atoms with E-state index in [1.54, 1.807) is 0 Å². The zero-order valence-electron chi connectivity index (χ0n) is 13.1. The predicted octanol–water partition coefficient (Wildman–Crippen LogP) is 3.87. The molecule has 0 aromatic heterocycles. The molecule has 0 atom stereocenters. The number of nitrogens with zero attached hydrogens (tertiary/aromatic N) is 2. The van der Waals surface area contributed by atoms with Crippen LogP contribution in [0.1, 0.15) is 11.1 Å². The van der Waals surface area contributed by atoms with Gasteiger partial charge in [-0.2, -0.15) is 0 Å². The Kier molecular flexibility index (Phi) is 4.16. The molecule has 1 aliphatic heterocycles.